The lowest BCUT2D eigenvalue weighted by atomic mass is 10.1. The average molecular weight is 423 g/mol. The van der Waals surface area contributed by atoms with Crippen molar-refractivity contribution in [3.8, 4) is 0 Å². The summed E-state index contributed by atoms with van der Waals surface area (Å²) in [6.45, 7) is 5.24. The number of hydrogen-bond donors (Lipinski definition) is 3. The third-order valence-corrected chi connectivity index (χ3v) is 5.14. The van der Waals surface area contributed by atoms with E-state index in [-0.39, 0.29) is 12.5 Å². The van der Waals surface area contributed by atoms with Crippen molar-refractivity contribution in [1.82, 2.24) is 0 Å². The fraction of sp³-hybridized carbons (Fsp3) is 0.409. The van der Waals surface area contributed by atoms with Gasteiger partial charge in [-0.25, -0.2) is 0 Å². The van der Waals surface area contributed by atoms with Gasteiger partial charge < -0.3 is 19.9 Å². The number of likely N-dealkylation sites (N-methyl/N-ethyl adjacent to an activating group) is 1. The van der Waals surface area contributed by atoms with Crippen LogP contribution in [0.2, 0.25) is 0 Å². The molecule has 5 nitrogen and oxygen atoms in total. The Morgan fingerprint density at radius 1 is 1.03 bits per heavy atom. The number of carbonyl (C=O) groups is 1. The lowest BCUT2D eigenvalue weighted by Crippen LogP contribution is -3.12. The first-order valence-corrected chi connectivity index (χ1v) is 10.1. The van der Waals surface area contributed by atoms with Crippen LogP contribution >= 0.6 is 0 Å². The highest BCUT2D eigenvalue weighted by Crippen LogP contribution is 2.28. The maximum absolute atomic E-state index is 12.6. The van der Waals surface area contributed by atoms with Crippen LogP contribution in [0.3, 0.4) is 0 Å². The van der Waals surface area contributed by atoms with Crippen molar-refractivity contribution in [2.75, 3.05) is 45.2 Å². The third kappa shape index (κ3) is 6.83. The minimum absolute atomic E-state index is 0.133. The van der Waals surface area contributed by atoms with Gasteiger partial charge >= 0.3 is 6.18 Å². The minimum atomic E-state index is -4.34. The van der Waals surface area contributed by atoms with Crippen molar-refractivity contribution in [2.24, 2.45) is 0 Å². The number of benzene rings is 2. The van der Waals surface area contributed by atoms with Gasteiger partial charge in [-0.2, -0.15) is 13.2 Å². The van der Waals surface area contributed by atoms with Crippen molar-refractivity contribution in [3.63, 3.8) is 0 Å². The van der Waals surface area contributed by atoms with E-state index in [0.717, 1.165) is 61.1 Å². The van der Waals surface area contributed by atoms with Crippen LogP contribution in [0, 0.1) is 0 Å². The van der Waals surface area contributed by atoms with Crippen molar-refractivity contribution in [3.05, 3.63) is 65.2 Å². The lowest BCUT2D eigenvalue weighted by Gasteiger charge is -2.23. The standard InChI is InChI=1S/C22H26F3N3O2/c1-27(14-17-2-6-19(7-3-17)22(23,24)25)16-21(29)26-20-8-4-18(5-9-20)15-28-10-12-30-13-11-28/h2-9H,10-16H2,1H3,(H,26,29)/p+2. The average Bonchev–Trinajstić information content (AvgIpc) is 2.70. The predicted octanol–water partition coefficient (Wildman–Crippen LogP) is 0.774. The molecule has 0 spiro atoms. The largest absolute Gasteiger partial charge is 0.416 e. The first kappa shape index (κ1) is 22.3. The van der Waals surface area contributed by atoms with Crippen LogP contribution < -0.4 is 15.1 Å². The number of morpholine rings is 1. The highest BCUT2D eigenvalue weighted by atomic mass is 19.4. The molecule has 1 atom stereocenters. The maximum Gasteiger partial charge on any atom is 0.416 e. The van der Waals surface area contributed by atoms with Crippen LogP contribution in [0.15, 0.2) is 48.5 Å². The van der Waals surface area contributed by atoms with Gasteiger partial charge in [0.05, 0.1) is 25.8 Å². The topological polar surface area (TPSA) is 47.2 Å². The quantitative estimate of drug-likeness (QED) is 0.616. The van der Waals surface area contributed by atoms with Crippen molar-refractivity contribution in [2.45, 2.75) is 19.3 Å². The van der Waals surface area contributed by atoms with Crippen LogP contribution in [0.1, 0.15) is 16.7 Å². The number of quaternary nitrogens is 2. The van der Waals surface area contributed by atoms with Gasteiger partial charge in [0, 0.05) is 16.8 Å². The first-order valence-electron chi connectivity index (χ1n) is 10.1. The van der Waals surface area contributed by atoms with Crippen LogP contribution in [0.25, 0.3) is 0 Å². The predicted molar refractivity (Wildman–Crippen MR) is 107 cm³/mol. The third-order valence-electron chi connectivity index (χ3n) is 5.14. The zero-order valence-electron chi connectivity index (χ0n) is 17.0. The Bertz CT molecular complexity index is 817. The summed E-state index contributed by atoms with van der Waals surface area (Å²) in [5.74, 6) is -0.133. The smallest absolute Gasteiger partial charge is 0.370 e. The number of nitrogens with one attached hydrogen (secondary N) is 3. The van der Waals surface area contributed by atoms with E-state index in [9.17, 15) is 18.0 Å². The summed E-state index contributed by atoms with van der Waals surface area (Å²) in [7, 11) is 1.84. The summed E-state index contributed by atoms with van der Waals surface area (Å²) in [5, 5.41) is 2.88. The molecule has 162 valence electrons. The molecule has 1 heterocycles. The van der Waals surface area contributed by atoms with Gasteiger partial charge in [0.2, 0.25) is 0 Å². The second-order valence-corrected chi connectivity index (χ2v) is 7.79. The molecule has 1 aliphatic heterocycles. The molecule has 1 saturated heterocycles. The zero-order valence-corrected chi connectivity index (χ0v) is 17.0. The van der Waals surface area contributed by atoms with Crippen LogP contribution in [0.4, 0.5) is 18.9 Å². The second-order valence-electron chi connectivity index (χ2n) is 7.79. The van der Waals surface area contributed by atoms with Crippen LogP contribution in [0.5, 0.6) is 0 Å². The number of amides is 1. The van der Waals surface area contributed by atoms with E-state index < -0.39 is 11.7 Å². The molecule has 0 bridgehead atoms. The van der Waals surface area contributed by atoms with Crippen molar-refractivity contribution in [1.29, 1.82) is 0 Å². The summed E-state index contributed by atoms with van der Waals surface area (Å²) < 4.78 is 43.3. The maximum atomic E-state index is 12.6. The van der Waals surface area contributed by atoms with Gasteiger partial charge in [-0.05, 0) is 24.3 Å². The number of carbonyl (C=O) groups excluding carboxylic acids is 1. The molecule has 0 aromatic heterocycles. The molecule has 3 N–H and O–H groups in total. The summed E-state index contributed by atoms with van der Waals surface area (Å²) in [6.07, 6.45) is -4.34. The van der Waals surface area contributed by atoms with Crippen LogP contribution in [-0.4, -0.2) is 45.8 Å². The first-order chi connectivity index (χ1) is 14.3. The molecule has 1 aliphatic rings. The van der Waals surface area contributed by atoms with Gasteiger partial charge in [0.15, 0.2) is 6.54 Å². The number of rotatable bonds is 7. The molecule has 8 heteroatoms. The Kier molecular flexibility index (Phi) is 7.47. The molecule has 0 aliphatic carbocycles. The van der Waals surface area contributed by atoms with Gasteiger partial charge in [0.25, 0.3) is 5.91 Å². The molecule has 0 radical (unpaired) electrons. The number of ether oxygens (including phenoxy) is 1. The summed E-state index contributed by atoms with van der Waals surface area (Å²) in [6, 6.07) is 12.9. The highest BCUT2D eigenvalue weighted by Gasteiger charge is 2.30. The summed E-state index contributed by atoms with van der Waals surface area (Å²) >= 11 is 0. The van der Waals surface area contributed by atoms with Gasteiger partial charge in [-0.15, -0.1) is 0 Å². The Morgan fingerprint density at radius 3 is 2.23 bits per heavy atom. The van der Waals surface area contributed by atoms with Crippen LogP contribution in [-0.2, 0) is 28.8 Å². The molecule has 3 rings (SSSR count). The summed E-state index contributed by atoms with van der Waals surface area (Å²) in [5.41, 5.74) is 2.04. The van der Waals surface area contributed by atoms with E-state index in [2.05, 4.69) is 5.32 Å². The molecule has 2 aromatic carbocycles. The van der Waals surface area contributed by atoms with E-state index in [1.807, 2.05) is 31.3 Å². The number of halogens is 3. The van der Waals surface area contributed by atoms with Gasteiger partial charge in [-0.1, -0.05) is 24.3 Å². The van der Waals surface area contributed by atoms with E-state index in [1.54, 1.807) is 0 Å². The molecule has 30 heavy (non-hydrogen) atoms. The molecule has 2 aromatic rings. The van der Waals surface area contributed by atoms with Crippen molar-refractivity contribution < 1.29 is 32.5 Å². The molecular formula is C22H28F3N3O2+2. The SMILES string of the molecule is C[NH+](CC(=O)Nc1ccc(C[NH+]2CCOCC2)cc1)Cc1ccc(C(F)(F)F)cc1. The Labute approximate surface area is 174 Å². The van der Waals surface area contributed by atoms with E-state index in [1.165, 1.54) is 22.6 Å². The van der Waals surface area contributed by atoms with E-state index in [0.29, 0.717) is 6.54 Å². The number of hydrogen-bond acceptors (Lipinski definition) is 2. The van der Waals surface area contributed by atoms with E-state index in [4.69, 9.17) is 4.74 Å². The molecule has 1 unspecified atom stereocenters. The number of anilines is 1. The molecule has 0 saturated carbocycles. The minimum Gasteiger partial charge on any atom is -0.370 e. The number of alkyl halides is 3. The monoisotopic (exact) mass is 423 g/mol. The lowest BCUT2D eigenvalue weighted by molar-refractivity contribution is -0.921. The Morgan fingerprint density at radius 2 is 1.63 bits per heavy atom. The highest BCUT2D eigenvalue weighted by molar-refractivity contribution is 5.91. The molecule has 1 fully saturated rings. The van der Waals surface area contributed by atoms with Gasteiger partial charge in [0.1, 0.15) is 26.2 Å². The Balaban J connectivity index is 1.45. The fourth-order valence-corrected chi connectivity index (χ4v) is 3.53. The van der Waals surface area contributed by atoms with Crippen molar-refractivity contribution >= 4 is 11.6 Å². The normalized spacial score (nSPS) is 16.3. The fourth-order valence-electron chi connectivity index (χ4n) is 3.53. The molecule has 1 amide bonds. The summed E-state index contributed by atoms with van der Waals surface area (Å²) in [4.78, 5) is 14.7. The Hall–Kier alpha value is -2.42. The van der Waals surface area contributed by atoms with E-state index >= 15 is 0 Å². The zero-order chi connectivity index (χ0) is 21.6. The second kappa shape index (κ2) is 10.1. The molecular weight excluding hydrogens is 395 g/mol. The van der Waals surface area contributed by atoms with Gasteiger partial charge in [-0.3, -0.25) is 4.79 Å².